The molecule has 2 aliphatic heterocycles. The van der Waals surface area contributed by atoms with E-state index in [1.54, 1.807) is 0 Å². The largest absolute Gasteiger partial charge is 0.381 e. The Morgan fingerprint density at radius 3 is 2.64 bits per heavy atom. The van der Waals surface area contributed by atoms with Crippen LogP contribution in [0.3, 0.4) is 0 Å². The predicted octanol–water partition coefficient (Wildman–Crippen LogP) is 1.88. The zero-order valence-electron chi connectivity index (χ0n) is 13.0. The molecule has 0 saturated carbocycles. The van der Waals surface area contributed by atoms with Crippen molar-refractivity contribution in [2.24, 2.45) is 5.92 Å². The summed E-state index contributed by atoms with van der Waals surface area (Å²) in [6, 6.07) is 10.4. The third-order valence-electron chi connectivity index (χ3n) is 4.44. The summed E-state index contributed by atoms with van der Waals surface area (Å²) in [5.74, 6) is 0.390. The summed E-state index contributed by atoms with van der Waals surface area (Å²) in [6.45, 7) is 5.89. The van der Waals surface area contributed by atoms with Crippen LogP contribution >= 0.6 is 0 Å². The van der Waals surface area contributed by atoms with Crippen LogP contribution in [0.25, 0.3) is 6.08 Å². The molecular weight excluding hydrogens is 276 g/mol. The molecule has 22 heavy (non-hydrogen) atoms. The van der Waals surface area contributed by atoms with Crippen molar-refractivity contribution in [1.29, 1.82) is 0 Å². The second kappa shape index (κ2) is 7.56. The first kappa shape index (κ1) is 15.3. The van der Waals surface area contributed by atoms with E-state index in [9.17, 15) is 4.79 Å². The molecule has 2 heterocycles. The summed E-state index contributed by atoms with van der Waals surface area (Å²) in [7, 11) is 0. The van der Waals surface area contributed by atoms with Gasteiger partial charge in [-0.2, -0.15) is 0 Å². The molecule has 0 aliphatic carbocycles. The molecule has 0 aromatic heterocycles. The van der Waals surface area contributed by atoms with Crippen LogP contribution in [0.2, 0.25) is 0 Å². The van der Waals surface area contributed by atoms with E-state index in [4.69, 9.17) is 4.74 Å². The van der Waals surface area contributed by atoms with Crippen molar-refractivity contribution in [3.05, 3.63) is 42.0 Å². The Hall–Kier alpha value is -1.65. The highest BCUT2D eigenvalue weighted by atomic mass is 16.5. The maximum absolute atomic E-state index is 12.3. The molecule has 2 fully saturated rings. The molecular formula is C18H24N2O2. The van der Waals surface area contributed by atoms with Gasteiger partial charge in [0.2, 0.25) is 5.91 Å². The smallest absolute Gasteiger partial charge is 0.228 e. The Labute approximate surface area is 132 Å². The molecule has 4 nitrogen and oxygen atoms in total. The molecule has 3 rings (SSSR count). The Bertz CT molecular complexity index is 501. The number of rotatable bonds is 4. The van der Waals surface area contributed by atoms with Gasteiger partial charge in [0.15, 0.2) is 0 Å². The van der Waals surface area contributed by atoms with Gasteiger partial charge in [-0.25, -0.2) is 0 Å². The first-order valence-electron chi connectivity index (χ1n) is 8.13. The lowest BCUT2D eigenvalue weighted by Gasteiger charge is -2.35. The van der Waals surface area contributed by atoms with Crippen molar-refractivity contribution in [1.82, 2.24) is 9.80 Å². The minimum absolute atomic E-state index is 0.101. The lowest BCUT2D eigenvalue weighted by molar-refractivity contribution is -0.137. The average molecular weight is 300 g/mol. The van der Waals surface area contributed by atoms with Crippen LogP contribution < -0.4 is 0 Å². The number of piperazine rings is 1. The van der Waals surface area contributed by atoms with Crippen molar-refractivity contribution < 1.29 is 9.53 Å². The predicted molar refractivity (Wildman–Crippen MR) is 87.4 cm³/mol. The van der Waals surface area contributed by atoms with E-state index in [1.165, 1.54) is 5.56 Å². The summed E-state index contributed by atoms with van der Waals surface area (Å²) in [4.78, 5) is 16.7. The third-order valence-corrected chi connectivity index (χ3v) is 4.44. The minimum Gasteiger partial charge on any atom is -0.381 e. The molecule has 0 radical (unpaired) electrons. The van der Waals surface area contributed by atoms with Gasteiger partial charge >= 0.3 is 0 Å². The van der Waals surface area contributed by atoms with Gasteiger partial charge in [0, 0.05) is 39.3 Å². The van der Waals surface area contributed by atoms with Gasteiger partial charge < -0.3 is 9.64 Å². The fraction of sp³-hybridized carbons (Fsp3) is 0.500. The summed E-state index contributed by atoms with van der Waals surface area (Å²) < 4.78 is 5.32. The zero-order valence-corrected chi connectivity index (χ0v) is 13.0. The van der Waals surface area contributed by atoms with E-state index in [0.717, 1.165) is 45.8 Å². The topological polar surface area (TPSA) is 32.8 Å². The number of benzene rings is 1. The maximum Gasteiger partial charge on any atom is 0.228 e. The first-order chi connectivity index (χ1) is 10.8. The highest BCUT2D eigenvalue weighted by Gasteiger charge is 2.29. The van der Waals surface area contributed by atoms with E-state index in [-0.39, 0.29) is 11.8 Å². The monoisotopic (exact) mass is 300 g/mol. The van der Waals surface area contributed by atoms with Crippen molar-refractivity contribution in [2.75, 3.05) is 45.9 Å². The lowest BCUT2D eigenvalue weighted by atomic mass is 10.1. The molecule has 118 valence electrons. The molecule has 0 unspecified atom stereocenters. The lowest BCUT2D eigenvalue weighted by Crippen LogP contribution is -2.50. The van der Waals surface area contributed by atoms with E-state index in [1.807, 2.05) is 11.0 Å². The number of ether oxygens (including phenoxy) is 1. The molecule has 1 atom stereocenters. The Morgan fingerprint density at radius 1 is 1.18 bits per heavy atom. The Morgan fingerprint density at radius 2 is 1.95 bits per heavy atom. The summed E-state index contributed by atoms with van der Waals surface area (Å²) >= 11 is 0. The molecule has 0 spiro atoms. The fourth-order valence-electron chi connectivity index (χ4n) is 3.04. The molecule has 0 N–H and O–H groups in total. The van der Waals surface area contributed by atoms with Gasteiger partial charge in [0.25, 0.3) is 0 Å². The number of hydrogen-bond acceptors (Lipinski definition) is 3. The van der Waals surface area contributed by atoms with Gasteiger partial charge in [-0.3, -0.25) is 9.69 Å². The second-order valence-corrected chi connectivity index (χ2v) is 6.00. The van der Waals surface area contributed by atoms with Crippen LogP contribution in [-0.2, 0) is 9.53 Å². The molecule has 2 aliphatic rings. The van der Waals surface area contributed by atoms with Crippen molar-refractivity contribution >= 4 is 12.0 Å². The number of carbonyl (C=O) groups is 1. The summed E-state index contributed by atoms with van der Waals surface area (Å²) in [5.41, 5.74) is 1.23. The second-order valence-electron chi connectivity index (χ2n) is 6.00. The van der Waals surface area contributed by atoms with Gasteiger partial charge in [-0.15, -0.1) is 0 Å². The SMILES string of the molecule is O=C([C@H]1CCOC1)N1CCN(C/C=C/c2ccccc2)CC1. The molecule has 2 saturated heterocycles. The van der Waals surface area contributed by atoms with E-state index >= 15 is 0 Å². The average Bonchev–Trinajstić information content (AvgIpc) is 3.10. The molecule has 0 bridgehead atoms. The fourth-order valence-corrected chi connectivity index (χ4v) is 3.04. The Balaban J connectivity index is 1.42. The first-order valence-corrected chi connectivity index (χ1v) is 8.13. The van der Waals surface area contributed by atoms with Crippen molar-refractivity contribution in [3.63, 3.8) is 0 Å². The highest BCUT2D eigenvalue weighted by Crippen LogP contribution is 2.16. The quantitative estimate of drug-likeness (QED) is 0.851. The number of carbonyl (C=O) groups excluding carboxylic acids is 1. The van der Waals surface area contributed by atoms with Crippen molar-refractivity contribution in [3.8, 4) is 0 Å². The Kier molecular flexibility index (Phi) is 5.24. The normalized spacial score (nSPS) is 23.3. The van der Waals surface area contributed by atoms with Crippen LogP contribution in [0.1, 0.15) is 12.0 Å². The molecule has 1 aromatic rings. The molecule has 1 amide bonds. The molecule has 1 aromatic carbocycles. The maximum atomic E-state index is 12.3. The van der Waals surface area contributed by atoms with Crippen LogP contribution in [-0.4, -0.2) is 61.6 Å². The van der Waals surface area contributed by atoms with Gasteiger partial charge in [0.1, 0.15) is 0 Å². The van der Waals surface area contributed by atoms with E-state index in [2.05, 4.69) is 41.3 Å². The number of amides is 1. The van der Waals surface area contributed by atoms with Gasteiger partial charge in [-0.05, 0) is 12.0 Å². The molecule has 4 heteroatoms. The standard InChI is InChI=1S/C18H24N2O2/c21-18(17-8-14-22-15-17)20-12-10-19(11-13-20)9-4-7-16-5-2-1-3-6-16/h1-7,17H,8-15H2/b7-4+/t17-/m0/s1. The number of nitrogens with zero attached hydrogens (tertiary/aromatic N) is 2. The van der Waals surface area contributed by atoms with E-state index < -0.39 is 0 Å². The van der Waals surface area contributed by atoms with E-state index in [0.29, 0.717) is 6.61 Å². The van der Waals surface area contributed by atoms with Crippen LogP contribution in [0.4, 0.5) is 0 Å². The summed E-state index contributed by atoms with van der Waals surface area (Å²) in [6.07, 6.45) is 5.25. The van der Waals surface area contributed by atoms with Crippen molar-refractivity contribution in [2.45, 2.75) is 6.42 Å². The highest BCUT2D eigenvalue weighted by molar-refractivity contribution is 5.79. The number of hydrogen-bond donors (Lipinski definition) is 0. The zero-order chi connectivity index (χ0) is 15.2. The van der Waals surface area contributed by atoms with Crippen LogP contribution in [0, 0.1) is 5.92 Å². The van der Waals surface area contributed by atoms with Crippen LogP contribution in [0.5, 0.6) is 0 Å². The summed E-state index contributed by atoms with van der Waals surface area (Å²) in [5, 5.41) is 0. The minimum atomic E-state index is 0.101. The van der Waals surface area contributed by atoms with Gasteiger partial charge in [-0.1, -0.05) is 42.5 Å². The van der Waals surface area contributed by atoms with Crippen LogP contribution in [0.15, 0.2) is 36.4 Å². The van der Waals surface area contributed by atoms with Gasteiger partial charge in [0.05, 0.1) is 12.5 Å². The third kappa shape index (κ3) is 3.96.